The van der Waals surface area contributed by atoms with E-state index in [0.717, 1.165) is 16.7 Å². The molecule has 2 aliphatic heterocycles. The zero-order valence-electron chi connectivity index (χ0n) is 21.1. The number of methoxy groups -OCH3 is 1. The van der Waals surface area contributed by atoms with Gasteiger partial charge in [0.05, 0.1) is 17.7 Å². The lowest BCUT2D eigenvalue weighted by atomic mass is 10.1. The molecule has 198 valence electrons. The van der Waals surface area contributed by atoms with Crippen molar-refractivity contribution in [2.75, 3.05) is 7.11 Å². The van der Waals surface area contributed by atoms with Gasteiger partial charge in [-0.3, -0.25) is 24.7 Å². The zero-order chi connectivity index (χ0) is 27.4. The molecule has 39 heavy (non-hydrogen) atoms. The number of hydrogen-bond donors (Lipinski definition) is 1. The van der Waals surface area contributed by atoms with E-state index in [1.807, 2.05) is 48.5 Å². The minimum atomic E-state index is -0.701. The second-order valence-electron chi connectivity index (χ2n) is 8.89. The van der Waals surface area contributed by atoms with E-state index in [2.05, 4.69) is 5.32 Å². The number of fused-ring (bicyclic) bond motifs is 3. The molecule has 0 bridgehead atoms. The number of hydrogen-bond acceptors (Lipinski definition) is 8. The summed E-state index contributed by atoms with van der Waals surface area (Å²) in [5.74, 6) is 1.28. The van der Waals surface area contributed by atoms with Gasteiger partial charge >= 0.3 is 0 Å². The molecule has 10 nitrogen and oxygen atoms in total. The maximum atomic E-state index is 13.5. The van der Waals surface area contributed by atoms with Crippen LogP contribution in [0.5, 0.6) is 5.75 Å². The Morgan fingerprint density at radius 2 is 1.85 bits per heavy atom. The lowest BCUT2D eigenvalue weighted by Gasteiger charge is -2.25. The fourth-order valence-corrected chi connectivity index (χ4v) is 5.30. The lowest BCUT2D eigenvalue weighted by Crippen LogP contribution is -2.41. The van der Waals surface area contributed by atoms with Crippen LogP contribution < -0.4 is 10.1 Å². The molecule has 0 spiro atoms. The molecule has 11 heteroatoms. The Bertz CT molecular complexity index is 1490. The molecule has 2 amide bonds. The van der Waals surface area contributed by atoms with Crippen molar-refractivity contribution in [2.45, 2.75) is 31.2 Å². The van der Waals surface area contributed by atoms with Crippen molar-refractivity contribution < 1.29 is 19.2 Å². The number of carbonyl (C=O) groups excluding carboxylic acids is 2. The normalized spacial score (nSPS) is 15.7. The predicted octanol–water partition coefficient (Wildman–Crippen LogP) is 4.59. The molecule has 1 N–H and O–H groups in total. The molecule has 2 heterocycles. The largest absolute Gasteiger partial charge is 0.496 e. The maximum Gasteiger partial charge on any atom is 0.269 e. The molecule has 0 saturated heterocycles. The van der Waals surface area contributed by atoms with Gasteiger partial charge in [-0.15, -0.1) is 0 Å². The summed E-state index contributed by atoms with van der Waals surface area (Å²) in [4.78, 5) is 47.5. The first-order valence-electron chi connectivity index (χ1n) is 12.3. The van der Waals surface area contributed by atoms with E-state index in [1.54, 1.807) is 19.2 Å². The van der Waals surface area contributed by atoms with E-state index in [4.69, 9.17) is 14.7 Å². The Kier molecular flexibility index (Phi) is 7.69. The van der Waals surface area contributed by atoms with Crippen LogP contribution in [-0.4, -0.2) is 45.8 Å². The van der Waals surface area contributed by atoms with Crippen molar-refractivity contribution >= 4 is 46.0 Å². The molecular weight excluding hydrogens is 518 g/mol. The summed E-state index contributed by atoms with van der Waals surface area (Å²) in [5, 5.41) is 14.3. The van der Waals surface area contributed by atoms with E-state index in [9.17, 15) is 19.7 Å². The summed E-state index contributed by atoms with van der Waals surface area (Å²) in [6.45, 7) is 0.325. The van der Waals surface area contributed by atoms with Gasteiger partial charge in [0, 0.05) is 42.0 Å². The number of thioether (sulfide) groups is 1. The Labute approximate surface area is 228 Å². The summed E-state index contributed by atoms with van der Waals surface area (Å²) in [5.41, 5.74) is 3.22. The molecule has 1 atom stereocenters. The molecule has 0 saturated carbocycles. The molecule has 0 aromatic heterocycles. The summed E-state index contributed by atoms with van der Waals surface area (Å²) in [6, 6.07) is 20.5. The van der Waals surface area contributed by atoms with Gasteiger partial charge in [-0.1, -0.05) is 54.2 Å². The molecule has 5 rings (SSSR count). The standard InChI is InChI=1S/C28H25N5O5S/c1-38-24-9-5-2-6-19(24)16-29-25(34)15-14-23-27(35)32-26(30-23)21-7-3-4-8-22(21)31-28(32)39-17-18-10-12-20(13-11-18)33(36)37/h2-13,23H,14-17H2,1H3,(H,29,34). The number of rotatable bonds is 9. The fraction of sp³-hybridized carbons (Fsp3) is 0.214. The maximum absolute atomic E-state index is 13.5. The highest BCUT2D eigenvalue weighted by Gasteiger charge is 2.41. The molecule has 3 aromatic carbocycles. The highest BCUT2D eigenvalue weighted by molar-refractivity contribution is 8.13. The second kappa shape index (κ2) is 11.5. The number of nitrogens with zero attached hydrogens (tertiary/aromatic N) is 4. The van der Waals surface area contributed by atoms with Crippen LogP contribution in [0.2, 0.25) is 0 Å². The topological polar surface area (TPSA) is 126 Å². The highest BCUT2D eigenvalue weighted by Crippen LogP contribution is 2.35. The van der Waals surface area contributed by atoms with Crippen LogP contribution in [0.4, 0.5) is 11.4 Å². The Morgan fingerprint density at radius 1 is 1.10 bits per heavy atom. The fourth-order valence-electron chi connectivity index (χ4n) is 4.35. The predicted molar refractivity (Wildman–Crippen MR) is 149 cm³/mol. The number of amidine groups is 2. The van der Waals surface area contributed by atoms with Crippen LogP contribution in [0.3, 0.4) is 0 Å². The Hall–Kier alpha value is -4.51. The van der Waals surface area contributed by atoms with Gasteiger partial charge < -0.3 is 10.1 Å². The minimum absolute atomic E-state index is 0.0200. The number of ether oxygens (including phenoxy) is 1. The number of amides is 2. The smallest absolute Gasteiger partial charge is 0.269 e. The third-order valence-corrected chi connectivity index (χ3v) is 7.39. The molecule has 0 radical (unpaired) electrons. The average molecular weight is 544 g/mol. The molecule has 1 unspecified atom stereocenters. The Morgan fingerprint density at radius 3 is 2.62 bits per heavy atom. The van der Waals surface area contributed by atoms with Crippen LogP contribution in [0.15, 0.2) is 82.8 Å². The first-order chi connectivity index (χ1) is 18.9. The van der Waals surface area contributed by atoms with Gasteiger partial charge in [0.2, 0.25) is 5.91 Å². The van der Waals surface area contributed by atoms with Crippen molar-refractivity contribution in [1.29, 1.82) is 0 Å². The number of nitrogens with one attached hydrogen (secondary N) is 1. The van der Waals surface area contributed by atoms with Crippen LogP contribution in [-0.2, 0) is 21.9 Å². The van der Waals surface area contributed by atoms with Crippen molar-refractivity contribution in [3.8, 4) is 5.75 Å². The van der Waals surface area contributed by atoms with Gasteiger partial charge in [0.15, 0.2) is 5.17 Å². The molecule has 2 aliphatic rings. The number of para-hydroxylation sites is 2. The third-order valence-electron chi connectivity index (χ3n) is 6.38. The lowest BCUT2D eigenvalue weighted by molar-refractivity contribution is -0.384. The van der Waals surface area contributed by atoms with Crippen LogP contribution >= 0.6 is 11.8 Å². The highest BCUT2D eigenvalue weighted by atomic mass is 32.2. The van der Waals surface area contributed by atoms with Crippen LogP contribution in [0.25, 0.3) is 0 Å². The van der Waals surface area contributed by atoms with E-state index in [0.29, 0.717) is 34.7 Å². The van der Waals surface area contributed by atoms with Crippen LogP contribution in [0, 0.1) is 10.1 Å². The SMILES string of the molecule is COc1ccccc1CNC(=O)CCC1N=C2c3ccccc3N=C(SCc3ccc([N+](=O)[O-])cc3)N2C1=O. The monoisotopic (exact) mass is 543 g/mol. The van der Waals surface area contributed by atoms with E-state index >= 15 is 0 Å². The average Bonchev–Trinajstić information content (AvgIpc) is 3.30. The number of nitro benzene ring substituents is 1. The summed E-state index contributed by atoms with van der Waals surface area (Å²) >= 11 is 1.36. The van der Waals surface area contributed by atoms with E-state index in [1.165, 1.54) is 28.8 Å². The van der Waals surface area contributed by atoms with Gasteiger partial charge in [-0.25, -0.2) is 9.89 Å². The Balaban J connectivity index is 1.26. The molecule has 3 aromatic rings. The summed E-state index contributed by atoms with van der Waals surface area (Å²) < 4.78 is 5.33. The van der Waals surface area contributed by atoms with Gasteiger partial charge in [-0.05, 0) is 30.2 Å². The first kappa shape index (κ1) is 26.1. The minimum Gasteiger partial charge on any atom is -0.496 e. The van der Waals surface area contributed by atoms with Gasteiger partial charge in [0.1, 0.15) is 17.6 Å². The number of aliphatic imine (C=N–C) groups is 2. The van der Waals surface area contributed by atoms with Crippen molar-refractivity contribution in [3.63, 3.8) is 0 Å². The summed E-state index contributed by atoms with van der Waals surface area (Å²) in [6.07, 6.45) is 0.402. The van der Waals surface area contributed by atoms with Gasteiger partial charge in [0.25, 0.3) is 11.6 Å². The molecule has 0 fully saturated rings. The van der Waals surface area contributed by atoms with Crippen molar-refractivity contribution in [2.24, 2.45) is 9.98 Å². The van der Waals surface area contributed by atoms with E-state index < -0.39 is 11.0 Å². The zero-order valence-corrected chi connectivity index (χ0v) is 21.9. The number of carbonyl (C=O) groups is 2. The van der Waals surface area contributed by atoms with Crippen LogP contribution in [0.1, 0.15) is 29.5 Å². The number of benzene rings is 3. The van der Waals surface area contributed by atoms with Crippen molar-refractivity contribution in [1.82, 2.24) is 10.2 Å². The number of nitro groups is 1. The summed E-state index contributed by atoms with van der Waals surface area (Å²) in [7, 11) is 1.58. The van der Waals surface area contributed by atoms with Crippen molar-refractivity contribution in [3.05, 3.63) is 99.6 Å². The second-order valence-corrected chi connectivity index (χ2v) is 9.84. The van der Waals surface area contributed by atoms with E-state index in [-0.39, 0.29) is 30.3 Å². The first-order valence-corrected chi connectivity index (χ1v) is 13.3. The molecular formula is C28H25N5O5S. The third kappa shape index (κ3) is 5.68. The number of non-ortho nitro benzene ring substituents is 1. The quantitative estimate of drug-likeness (QED) is 0.311. The van der Waals surface area contributed by atoms with Gasteiger partial charge in [-0.2, -0.15) is 0 Å². The molecule has 0 aliphatic carbocycles.